The minimum Gasteiger partial charge on any atom is -0.352 e. The lowest BCUT2D eigenvalue weighted by Crippen LogP contribution is -2.29. The molecule has 2 rings (SSSR count). The molecule has 0 aliphatic carbocycles. The second-order valence-electron chi connectivity index (χ2n) is 5.97. The molecule has 1 aliphatic heterocycles. The van der Waals surface area contributed by atoms with Gasteiger partial charge in [0.1, 0.15) is 0 Å². The molecule has 0 radical (unpaired) electrons. The van der Waals surface area contributed by atoms with Crippen molar-refractivity contribution in [2.45, 2.75) is 37.5 Å². The predicted molar refractivity (Wildman–Crippen MR) is 104 cm³/mol. The van der Waals surface area contributed by atoms with Gasteiger partial charge in [-0.05, 0) is 55.4 Å². The topological polar surface area (TPSA) is 66.5 Å². The van der Waals surface area contributed by atoms with Crippen LogP contribution in [-0.4, -0.2) is 49.8 Å². The normalized spacial score (nSPS) is 15.4. The van der Waals surface area contributed by atoms with E-state index in [2.05, 4.69) is 12.2 Å². The van der Waals surface area contributed by atoms with Crippen LogP contribution in [0.1, 0.15) is 43.0 Å². The number of sulfonamides is 1. The molecule has 8 heteroatoms. The summed E-state index contributed by atoms with van der Waals surface area (Å²) in [6.07, 6.45) is 3.76. The summed E-state index contributed by atoms with van der Waals surface area (Å²) < 4.78 is 26.7. The lowest BCUT2D eigenvalue weighted by molar-refractivity contribution is 0.0953. The first kappa shape index (κ1) is 20.6. The summed E-state index contributed by atoms with van der Waals surface area (Å²) in [5, 5.41) is 3.08. The third kappa shape index (κ3) is 5.61. The summed E-state index contributed by atoms with van der Waals surface area (Å²) in [4.78, 5) is 12.5. The van der Waals surface area contributed by atoms with E-state index in [9.17, 15) is 13.2 Å². The van der Waals surface area contributed by atoms with Gasteiger partial charge in [0.25, 0.3) is 5.91 Å². The van der Waals surface area contributed by atoms with Gasteiger partial charge >= 0.3 is 0 Å². The number of hydrogen-bond acceptors (Lipinski definition) is 4. The Morgan fingerprint density at radius 3 is 2.68 bits per heavy atom. The lowest BCUT2D eigenvalue weighted by Gasteiger charge is -2.16. The van der Waals surface area contributed by atoms with Gasteiger partial charge in [-0.25, -0.2) is 8.42 Å². The Bertz CT molecular complexity index is 689. The molecule has 1 aromatic rings. The summed E-state index contributed by atoms with van der Waals surface area (Å²) in [5.41, 5.74) is 0.211. The van der Waals surface area contributed by atoms with Gasteiger partial charge in [-0.2, -0.15) is 16.1 Å². The maximum Gasteiger partial charge on any atom is 0.252 e. The number of benzene rings is 1. The molecule has 1 aromatic carbocycles. The van der Waals surface area contributed by atoms with Crippen molar-refractivity contribution in [3.8, 4) is 0 Å². The molecule has 1 N–H and O–H groups in total. The Hall–Kier alpha value is -0.760. The van der Waals surface area contributed by atoms with Gasteiger partial charge in [-0.3, -0.25) is 4.79 Å². The molecular weight excluding hydrogens is 380 g/mol. The van der Waals surface area contributed by atoms with Crippen LogP contribution < -0.4 is 5.32 Å². The largest absolute Gasteiger partial charge is 0.352 e. The van der Waals surface area contributed by atoms with Crippen LogP contribution in [0.15, 0.2) is 23.1 Å². The predicted octanol–water partition coefficient (Wildman–Crippen LogP) is 3.39. The van der Waals surface area contributed by atoms with E-state index in [1.807, 2.05) is 11.8 Å². The Balaban J connectivity index is 2.02. The number of amides is 1. The number of hydrogen-bond donors (Lipinski definition) is 1. The van der Waals surface area contributed by atoms with E-state index in [1.165, 1.54) is 22.5 Å². The van der Waals surface area contributed by atoms with Crippen LogP contribution in [0.4, 0.5) is 0 Å². The average Bonchev–Trinajstić information content (AvgIpc) is 3.13. The molecule has 1 aliphatic rings. The minimum atomic E-state index is -3.56. The summed E-state index contributed by atoms with van der Waals surface area (Å²) in [5.74, 6) is 1.78. The fourth-order valence-corrected chi connectivity index (χ4v) is 5.22. The van der Waals surface area contributed by atoms with Crippen molar-refractivity contribution in [3.63, 3.8) is 0 Å². The number of carbonyl (C=O) groups is 1. The molecular formula is C17H25ClN2O3S2. The zero-order valence-corrected chi connectivity index (χ0v) is 16.9. The van der Waals surface area contributed by atoms with Crippen molar-refractivity contribution < 1.29 is 13.2 Å². The van der Waals surface area contributed by atoms with E-state index >= 15 is 0 Å². The molecule has 0 spiro atoms. The van der Waals surface area contributed by atoms with Gasteiger partial charge < -0.3 is 5.32 Å². The molecule has 5 nitrogen and oxygen atoms in total. The molecule has 0 unspecified atom stereocenters. The van der Waals surface area contributed by atoms with Crippen molar-refractivity contribution in [1.82, 2.24) is 9.62 Å². The van der Waals surface area contributed by atoms with Crippen LogP contribution in [-0.2, 0) is 10.0 Å². The molecule has 1 heterocycles. The highest BCUT2D eigenvalue weighted by Crippen LogP contribution is 2.25. The summed E-state index contributed by atoms with van der Waals surface area (Å²) in [6, 6.07) is 4.34. The van der Waals surface area contributed by atoms with E-state index < -0.39 is 10.0 Å². The first-order chi connectivity index (χ1) is 12.0. The number of halogens is 1. The Kier molecular flexibility index (Phi) is 8.06. The number of thioether (sulfide) groups is 1. The molecule has 0 aromatic heterocycles. The maximum absolute atomic E-state index is 12.6. The second-order valence-corrected chi connectivity index (χ2v) is 9.54. The first-order valence-corrected chi connectivity index (χ1v) is 11.6. The highest BCUT2D eigenvalue weighted by atomic mass is 35.5. The lowest BCUT2D eigenvalue weighted by atomic mass is 10.2. The summed E-state index contributed by atoms with van der Waals surface area (Å²) in [6.45, 7) is 3.75. The number of rotatable bonds is 9. The highest BCUT2D eigenvalue weighted by molar-refractivity contribution is 7.99. The SMILES string of the molecule is CCCSCCCNC(=O)c1cc(S(=O)(=O)N2CCCC2)ccc1Cl. The van der Waals surface area contributed by atoms with Crippen molar-refractivity contribution >= 4 is 39.3 Å². The zero-order valence-electron chi connectivity index (χ0n) is 14.5. The van der Waals surface area contributed by atoms with Crippen molar-refractivity contribution in [1.29, 1.82) is 0 Å². The monoisotopic (exact) mass is 404 g/mol. The zero-order chi connectivity index (χ0) is 18.3. The third-order valence-corrected chi connectivity index (χ3v) is 7.48. The van der Waals surface area contributed by atoms with Gasteiger partial charge in [-0.15, -0.1) is 0 Å². The molecule has 140 valence electrons. The fourth-order valence-electron chi connectivity index (χ4n) is 2.63. The van der Waals surface area contributed by atoms with Gasteiger partial charge in [-0.1, -0.05) is 18.5 Å². The molecule has 1 fully saturated rings. The van der Waals surface area contributed by atoms with Gasteiger partial charge in [0, 0.05) is 19.6 Å². The van der Waals surface area contributed by atoms with Crippen molar-refractivity contribution in [3.05, 3.63) is 28.8 Å². The number of nitrogens with one attached hydrogen (secondary N) is 1. The Labute approximate surface area is 159 Å². The van der Waals surface area contributed by atoms with Gasteiger partial charge in [0.2, 0.25) is 10.0 Å². The minimum absolute atomic E-state index is 0.127. The van der Waals surface area contributed by atoms with Crippen molar-refractivity contribution in [2.24, 2.45) is 0 Å². The smallest absolute Gasteiger partial charge is 0.252 e. The van der Waals surface area contributed by atoms with Crippen LogP contribution in [0, 0.1) is 0 Å². The summed E-state index contributed by atoms with van der Waals surface area (Å²) >= 11 is 7.97. The number of carbonyl (C=O) groups excluding carboxylic acids is 1. The van der Waals surface area contributed by atoms with Gasteiger partial charge in [0.15, 0.2) is 0 Å². The second kappa shape index (κ2) is 9.80. The van der Waals surface area contributed by atoms with E-state index in [-0.39, 0.29) is 21.4 Å². The third-order valence-electron chi connectivity index (χ3n) is 3.98. The van der Waals surface area contributed by atoms with Gasteiger partial charge in [0.05, 0.1) is 15.5 Å². The summed E-state index contributed by atoms with van der Waals surface area (Å²) in [7, 11) is -3.56. The quantitative estimate of drug-likeness (QED) is 0.640. The van der Waals surface area contributed by atoms with E-state index in [4.69, 9.17) is 11.6 Å². The van der Waals surface area contributed by atoms with Crippen LogP contribution in [0.25, 0.3) is 0 Å². The van der Waals surface area contributed by atoms with Crippen LogP contribution >= 0.6 is 23.4 Å². The molecule has 0 saturated carbocycles. The molecule has 1 saturated heterocycles. The average molecular weight is 405 g/mol. The van der Waals surface area contributed by atoms with Crippen LogP contribution in [0.2, 0.25) is 5.02 Å². The maximum atomic E-state index is 12.6. The number of nitrogens with zero attached hydrogens (tertiary/aromatic N) is 1. The Morgan fingerprint density at radius 2 is 2.00 bits per heavy atom. The molecule has 0 atom stereocenters. The van der Waals surface area contributed by atoms with Crippen molar-refractivity contribution in [2.75, 3.05) is 31.1 Å². The first-order valence-electron chi connectivity index (χ1n) is 8.62. The standard InChI is InChI=1S/C17H25ClN2O3S2/c1-2-11-24-12-5-8-19-17(21)15-13-14(6-7-16(15)18)25(22,23)20-9-3-4-10-20/h6-7,13H,2-5,8-12H2,1H3,(H,19,21). The van der Waals surface area contributed by atoms with E-state index in [0.717, 1.165) is 37.2 Å². The Morgan fingerprint density at radius 1 is 1.28 bits per heavy atom. The van der Waals surface area contributed by atoms with Crippen LogP contribution in [0.3, 0.4) is 0 Å². The van der Waals surface area contributed by atoms with E-state index in [0.29, 0.717) is 19.6 Å². The van der Waals surface area contributed by atoms with E-state index in [1.54, 1.807) is 0 Å². The molecule has 25 heavy (non-hydrogen) atoms. The molecule has 0 bridgehead atoms. The van der Waals surface area contributed by atoms with Crippen LogP contribution in [0.5, 0.6) is 0 Å². The fraction of sp³-hybridized carbons (Fsp3) is 0.588. The highest BCUT2D eigenvalue weighted by Gasteiger charge is 2.28. The molecule has 1 amide bonds.